The van der Waals surface area contributed by atoms with E-state index in [2.05, 4.69) is 20.4 Å². The number of benzene rings is 2. The van der Waals surface area contributed by atoms with Gasteiger partial charge in [-0.05, 0) is 38.1 Å². The zero-order valence-electron chi connectivity index (χ0n) is 18.8. The topological polar surface area (TPSA) is 125 Å². The van der Waals surface area contributed by atoms with Crippen LogP contribution in [0.15, 0.2) is 42.5 Å². The van der Waals surface area contributed by atoms with Gasteiger partial charge < -0.3 is 15.8 Å². The summed E-state index contributed by atoms with van der Waals surface area (Å²) in [6.07, 6.45) is 0. The molecule has 0 saturated carbocycles. The van der Waals surface area contributed by atoms with Gasteiger partial charge in [-0.15, -0.1) is 0 Å². The lowest BCUT2D eigenvalue weighted by Gasteiger charge is -2.20. The summed E-state index contributed by atoms with van der Waals surface area (Å²) in [4.78, 5) is 34.2. The van der Waals surface area contributed by atoms with E-state index in [1.54, 1.807) is 48.0 Å². The number of carbonyl (C=O) groups is 2. The van der Waals surface area contributed by atoms with Crippen molar-refractivity contribution in [1.82, 2.24) is 19.7 Å². The average molecular weight is 495 g/mol. The van der Waals surface area contributed by atoms with Crippen molar-refractivity contribution in [2.24, 2.45) is 0 Å². The van der Waals surface area contributed by atoms with Crippen LogP contribution in [-0.4, -0.2) is 38.2 Å². The summed E-state index contributed by atoms with van der Waals surface area (Å²) < 4.78 is 21.0. The maximum atomic E-state index is 14.3. The van der Waals surface area contributed by atoms with Crippen LogP contribution in [0.1, 0.15) is 25.0 Å². The van der Waals surface area contributed by atoms with E-state index in [9.17, 15) is 14.0 Å². The van der Waals surface area contributed by atoms with Crippen LogP contribution < -0.4 is 11.1 Å². The van der Waals surface area contributed by atoms with E-state index in [1.165, 1.54) is 13.0 Å². The number of esters is 1. The van der Waals surface area contributed by atoms with E-state index in [4.69, 9.17) is 22.1 Å². The van der Waals surface area contributed by atoms with E-state index >= 15 is 0 Å². The highest BCUT2D eigenvalue weighted by Crippen LogP contribution is 2.42. The van der Waals surface area contributed by atoms with Crippen LogP contribution in [0.5, 0.6) is 0 Å². The number of nitrogens with two attached hydrogens (primary N) is 1. The third-order valence-corrected chi connectivity index (χ3v) is 6.25. The highest BCUT2D eigenvalue weighted by Gasteiger charge is 2.53. The molecule has 35 heavy (non-hydrogen) atoms. The summed E-state index contributed by atoms with van der Waals surface area (Å²) in [5.74, 6) is -1.52. The number of amides is 1. The Morgan fingerprint density at radius 2 is 2.03 bits per heavy atom. The van der Waals surface area contributed by atoms with E-state index < -0.39 is 17.3 Å². The van der Waals surface area contributed by atoms with Gasteiger partial charge in [0.05, 0.1) is 24.2 Å². The Morgan fingerprint density at radius 3 is 2.77 bits per heavy atom. The van der Waals surface area contributed by atoms with Crippen LogP contribution in [0.3, 0.4) is 0 Å². The zero-order valence-corrected chi connectivity index (χ0v) is 19.6. The number of nitrogen functional groups attached to an aromatic ring is 1. The molecule has 3 heterocycles. The molecule has 0 bridgehead atoms. The highest BCUT2D eigenvalue weighted by molar-refractivity contribution is 6.31. The van der Waals surface area contributed by atoms with Crippen molar-refractivity contribution in [3.63, 3.8) is 0 Å². The maximum Gasteiger partial charge on any atom is 0.326 e. The summed E-state index contributed by atoms with van der Waals surface area (Å²) in [6, 6.07) is 11.6. The molecule has 5 rings (SSSR count). The number of halogens is 2. The molecule has 1 unspecified atom stereocenters. The Hall–Kier alpha value is -4.05. The summed E-state index contributed by atoms with van der Waals surface area (Å²) in [6.45, 7) is 3.31. The van der Waals surface area contributed by atoms with Crippen molar-refractivity contribution in [3.8, 4) is 11.5 Å². The number of rotatable bonds is 5. The van der Waals surface area contributed by atoms with Crippen LogP contribution in [0, 0.1) is 5.82 Å². The molecule has 3 N–H and O–H groups in total. The Balaban J connectivity index is 1.65. The van der Waals surface area contributed by atoms with Crippen LogP contribution in [0.4, 0.5) is 16.0 Å². The molecule has 0 fully saturated rings. The Morgan fingerprint density at radius 1 is 1.26 bits per heavy atom. The first-order valence-electron chi connectivity index (χ1n) is 10.8. The van der Waals surface area contributed by atoms with Crippen LogP contribution in [-0.2, 0) is 26.3 Å². The first-order chi connectivity index (χ1) is 16.7. The Labute approximate surface area is 204 Å². The third-order valence-electron chi connectivity index (χ3n) is 6.01. The van der Waals surface area contributed by atoms with E-state index in [-0.39, 0.29) is 42.0 Å². The van der Waals surface area contributed by atoms with Gasteiger partial charge in [0.15, 0.2) is 11.2 Å². The normalized spacial score (nSPS) is 16.9. The number of nitrogens with one attached hydrogen (secondary N) is 1. The fourth-order valence-corrected chi connectivity index (χ4v) is 4.37. The molecule has 2 aromatic heterocycles. The van der Waals surface area contributed by atoms with Crippen molar-refractivity contribution in [2.45, 2.75) is 25.8 Å². The highest BCUT2D eigenvalue weighted by atomic mass is 35.5. The monoisotopic (exact) mass is 494 g/mol. The van der Waals surface area contributed by atoms with Gasteiger partial charge in [-0.25, -0.2) is 14.4 Å². The number of hydrogen-bond donors (Lipinski definition) is 2. The summed E-state index contributed by atoms with van der Waals surface area (Å²) in [5, 5.41) is 8.38. The lowest BCUT2D eigenvalue weighted by Crippen LogP contribution is -2.41. The number of fused-ring (bicyclic) bond motifs is 2. The lowest BCUT2D eigenvalue weighted by molar-refractivity contribution is -0.152. The number of carbonyl (C=O) groups excluding carboxylic acids is 2. The minimum atomic E-state index is -1.67. The van der Waals surface area contributed by atoms with Crippen molar-refractivity contribution in [3.05, 3.63) is 64.4 Å². The van der Waals surface area contributed by atoms with Crippen LogP contribution in [0.25, 0.3) is 22.4 Å². The van der Waals surface area contributed by atoms with Crippen LogP contribution >= 0.6 is 11.6 Å². The Kier molecular flexibility index (Phi) is 5.40. The largest absolute Gasteiger partial charge is 0.465 e. The average Bonchev–Trinajstić information content (AvgIpc) is 3.30. The van der Waals surface area contributed by atoms with Crippen LogP contribution in [0.2, 0.25) is 5.02 Å². The molecule has 1 atom stereocenters. The predicted molar refractivity (Wildman–Crippen MR) is 128 cm³/mol. The molecular formula is C24H20ClFN6O3. The summed E-state index contributed by atoms with van der Waals surface area (Å²) >= 11 is 6.23. The lowest BCUT2D eigenvalue weighted by atomic mass is 9.84. The molecule has 0 aliphatic carbocycles. The Bertz CT molecular complexity index is 1520. The SMILES string of the molecule is CCOC(=O)C1(C)C(=O)Nc2nc(-c3nn(Cc4ccccc4F)c4cc(Cl)ccc34)nc(N)c21. The fraction of sp³-hybridized carbons (Fsp3) is 0.208. The zero-order chi connectivity index (χ0) is 24.9. The third kappa shape index (κ3) is 3.57. The number of hydrogen-bond acceptors (Lipinski definition) is 7. The molecule has 4 aromatic rings. The standard InChI is InChI=1S/C24H20ClFN6O3/c1-3-35-23(34)24(2)17-19(27)28-21(29-20(17)30-22(24)33)18-14-9-8-13(25)10-16(14)32(31-18)11-12-6-4-5-7-15(12)26/h4-10H,3,11H2,1-2H3,(H3,27,28,29,30,33). The van der Waals surface area contributed by atoms with Crippen molar-refractivity contribution in [2.75, 3.05) is 17.7 Å². The second-order valence-electron chi connectivity index (χ2n) is 8.21. The van der Waals surface area contributed by atoms with Gasteiger partial charge >= 0.3 is 5.97 Å². The number of nitrogens with zero attached hydrogens (tertiary/aromatic N) is 4. The quantitative estimate of drug-likeness (QED) is 0.320. The minimum Gasteiger partial charge on any atom is -0.465 e. The summed E-state index contributed by atoms with van der Waals surface area (Å²) in [5.41, 5.74) is 6.17. The number of anilines is 2. The van der Waals surface area contributed by atoms with Gasteiger partial charge in [0.25, 0.3) is 0 Å². The fourth-order valence-electron chi connectivity index (χ4n) is 4.20. The second kappa shape index (κ2) is 8.31. The van der Waals surface area contributed by atoms with Gasteiger partial charge in [0, 0.05) is 16.0 Å². The molecule has 1 aliphatic heterocycles. The van der Waals surface area contributed by atoms with Gasteiger partial charge in [-0.1, -0.05) is 29.8 Å². The molecule has 9 nitrogen and oxygen atoms in total. The second-order valence-corrected chi connectivity index (χ2v) is 8.65. The molecule has 0 radical (unpaired) electrons. The van der Waals surface area contributed by atoms with E-state index in [1.807, 2.05) is 0 Å². The number of aromatic nitrogens is 4. The van der Waals surface area contributed by atoms with Gasteiger partial charge in [0.2, 0.25) is 5.91 Å². The maximum absolute atomic E-state index is 14.3. The molecule has 1 amide bonds. The van der Waals surface area contributed by atoms with E-state index in [0.29, 0.717) is 27.2 Å². The molecule has 1 aliphatic rings. The molecule has 0 saturated heterocycles. The molecule has 11 heteroatoms. The van der Waals surface area contributed by atoms with Crippen molar-refractivity contribution in [1.29, 1.82) is 0 Å². The predicted octanol–water partition coefficient (Wildman–Crippen LogP) is 3.69. The molecule has 178 valence electrons. The summed E-state index contributed by atoms with van der Waals surface area (Å²) in [7, 11) is 0. The first kappa shape index (κ1) is 22.7. The van der Waals surface area contributed by atoms with Crippen molar-refractivity contribution < 1.29 is 18.7 Å². The van der Waals surface area contributed by atoms with Gasteiger partial charge in [0.1, 0.15) is 23.1 Å². The smallest absolute Gasteiger partial charge is 0.326 e. The van der Waals surface area contributed by atoms with Gasteiger partial charge in [-0.3, -0.25) is 14.3 Å². The first-order valence-corrected chi connectivity index (χ1v) is 11.2. The minimum absolute atomic E-state index is 0.0512. The van der Waals surface area contributed by atoms with Gasteiger partial charge in [-0.2, -0.15) is 5.10 Å². The van der Waals surface area contributed by atoms with E-state index in [0.717, 1.165) is 0 Å². The molecule has 0 spiro atoms. The molecular weight excluding hydrogens is 475 g/mol. The van der Waals surface area contributed by atoms with Crippen molar-refractivity contribution >= 4 is 46.0 Å². The molecule has 2 aromatic carbocycles. The number of ether oxygens (including phenoxy) is 1.